The lowest BCUT2D eigenvalue weighted by molar-refractivity contribution is 0.0949. The zero-order chi connectivity index (χ0) is 18.1. The molecule has 12 nitrogen and oxygen atoms in total. The molecule has 0 aliphatic carbocycles. The van der Waals surface area contributed by atoms with Crippen molar-refractivity contribution in [2.75, 3.05) is 12.5 Å². The number of nitrogens with zero attached hydrogens (tertiary/aromatic N) is 6. The molecule has 3 aromatic rings. The topological polar surface area (TPSA) is 156 Å². The molecule has 4 rings (SSSR count). The average Bonchev–Trinajstić information content (AvgIpc) is 3.34. The third kappa shape index (κ3) is 2.58. The van der Waals surface area contributed by atoms with E-state index in [4.69, 9.17) is 15.2 Å². The predicted molar refractivity (Wildman–Crippen MR) is 86.0 cm³/mol. The van der Waals surface area contributed by atoms with Crippen molar-refractivity contribution in [3.8, 4) is 17.3 Å². The number of carbonyl (C=O) groups is 1. The first kappa shape index (κ1) is 15.6. The fourth-order valence-corrected chi connectivity index (χ4v) is 2.35. The summed E-state index contributed by atoms with van der Waals surface area (Å²) in [6.45, 7) is 1.77. The predicted octanol–water partition coefficient (Wildman–Crippen LogP) is 0.0335. The van der Waals surface area contributed by atoms with Crippen LogP contribution in [0.1, 0.15) is 21.7 Å². The van der Waals surface area contributed by atoms with Crippen LogP contribution >= 0.6 is 0 Å². The van der Waals surface area contributed by atoms with Crippen molar-refractivity contribution >= 4 is 17.9 Å². The molecule has 1 aromatic carbocycles. The Labute approximate surface area is 145 Å². The molecule has 3 heterocycles. The minimum atomic E-state index is -0.551. The standard InChI is InChI=1S/C14H12N8O4/c1-7-10(17-21-22(7)13-12(15)19-26-20-13)14(23)18-16-5-8-3-2-4-9-11(8)25-6-24-9/h2-5H,6H2,1H3,(H2,15,19)(H,18,23). The molecule has 0 unspecified atom stereocenters. The number of anilines is 1. The van der Waals surface area contributed by atoms with Crippen LogP contribution in [0.4, 0.5) is 5.82 Å². The van der Waals surface area contributed by atoms with E-state index >= 15 is 0 Å². The molecule has 1 aliphatic heterocycles. The lowest BCUT2D eigenvalue weighted by atomic mass is 10.2. The summed E-state index contributed by atoms with van der Waals surface area (Å²) in [6.07, 6.45) is 1.45. The van der Waals surface area contributed by atoms with Gasteiger partial charge in [0.05, 0.1) is 11.9 Å². The number of benzene rings is 1. The summed E-state index contributed by atoms with van der Waals surface area (Å²) in [5.41, 5.74) is 9.12. The second-order valence-corrected chi connectivity index (χ2v) is 5.19. The SMILES string of the molecule is Cc1c(C(=O)NN=Cc2cccc3c2OCO3)nnn1-c1nonc1N. The van der Waals surface area contributed by atoms with Gasteiger partial charge in [-0.1, -0.05) is 11.3 Å². The second-order valence-electron chi connectivity index (χ2n) is 5.19. The molecule has 12 heteroatoms. The van der Waals surface area contributed by atoms with Gasteiger partial charge in [0.15, 0.2) is 17.2 Å². The fourth-order valence-electron chi connectivity index (χ4n) is 2.35. The molecule has 0 saturated carbocycles. The Morgan fingerprint density at radius 3 is 3.08 bits per heavy atom. The van der Waals surface area contributed by atoms with E-state index in [9.17, 15) is 4.79 Å². The van der Waals surface area contributed by atoms with Crippen LogP contribution in [0.5, 0.6) is 11.5 Å². The van der Waals surface area contributed by atoms with Crippen molar-refractivity contribution in [3.63, 3.8) is 0 Å². The van der Waals surface area contributed by atoms with Crippen LogP contribution in [0.2, 0.25) is 0 Å². The smallest absolute Gasteiger partial charge is 0.293 e. The van der Waals surface area contributed by atoms with E-state index in [1.165, 1.54) is 10.9 Å². The fraction of sp³-hybridized carbons (Fsp3) is 0.143. The van der Waals surface area contributed by atoms with Crippen molar-refractivity contribution in [2.24, 2.45) is 5.10 Å². The molecule has 2 aromatic heterocycles. The van der Waals surface area contributed by atoms with Crippen LogP contribution in [0.15, 0.2) is 27.9 Å². The van der Waals surface area contributed by atoms with Crippen molar-refractivity contribution in [3.05, 3.63) is 35.2 Å². The number of ether oxygens (including phenoxy) is 2. The first-order valence-corrected chi connectivity index (χ1v) is 7.38. The van der Waals surface area contributed by atoms with Crippen molar-refractivity contribution in [1.82, 2.24) is 30.7 Å². The van der Waals surface area contributed by atoms with E-state index in [1.807, 2.05) is 0 Å². The van der Waals surface area contributed by atoms with Crippen LogP contribution in [0, 0.1) is 6.92 Å². The Morgan fingerprint density at radius 1 is 1.38 bits per heavy atom. The molecular weight excluding hydrogens is 344 g/mol. The highest BCUT2D eigenvalue weighted by molar-refractivity contribution is 5.94. The Hall–Kier alpha value is -3.96. The normalized spacial score (nSPS) is 12.7. The molecule has 3 N–H and O–H groups in total. The lowest BCUT2D eigenvalue weighted by Gasteiger charge is -2.01. The van der Waals surface area contributed by atoms with Gasteiger partial charge in [0.2, 0.25) is 18.4 Å². The summed E-state index contributed by atoms with van der Waals surface area (Å²) in [5, 5.41) is 18.6. The number of hydrogen-bond acceptors (Lipinski definition) is 10. The highest BCUT2D eigenvalue weighted by Crippen LogP contribution is 2.34. The van der Waals surface area contributed by atoms with E-state index in [2.05, 4.69) is 35.8 Å². The largest absolute Gasteiger partial charge is 0.454 e. The summed E-state index contributed by atoms with van der Waals surface area (Å²) >= 11 is 0. The Kier molecular flexibility index (Phi) is 3.69. The maximum Gasteiger partial charge on any atom is 0.293 e. The Morgan fingerprint density at radius 2 is 2.27 bits per heavy atom. The number of hydrazone groups is 1. The number of amides is 1. The molecule has 0 spiro atoms. The monoisotopic (exact) mass is 356 g/mol. The average molecular weight is 356 g/mol. The third-order valence-electron chi connectivity index (χ3n) is 3.60. The molecule has 0 fully saturated rings. The van der Waals surface area contributed by atoms with Crippen LogP contribution < -0.4 is 20.6 Å². The van der Waals surface area contributed by atoms with Crippen LogP contribution in [0.3, 0.4) is 0 Å². The van der Waals surface area contributed by atoms with Crippen molar-refractivity contribution in [2.45, 2.75) is 6.92 Å². The zero-order valence-electron chi connectivity index (χ0n) is 13.4. The van der Waals surface area contributed by atoms with Crippen LogP contribution in [0.25, 0.3) is 5.82 Å². The number of aromatic nitrogens is 5. The summed E-state index contributed by atoms with van der Waals surface area (Å²) in [5.74, 6) is 0.821. The number of nitrogens with two attached hydrogens (primary N) is 1. The van der Waals surface area contributed by atoms with Gasteiger partial charge >= 0.3 is 0 Å². The summed E-state index contributed by atoms with van der Waals surface area (Å²) in [6, 6.07) is 5.36. The molecule has 1 aliphatic rings. The lowest BCUT2D eigenvalue weighted by Crippen LogP contribution is -2.19. The minimum Gasteiger partial charge on any atom is -0.454 e. The third-order valence-corrected chi connectivity index (χ3v) is 3.60. The van der Waals surface area contributed by atoms with E-state index in [-0.39, 0.29) is 24.1 Å². The highest BCUT2D eigenvalue weighted by Gasteiger charge is 2.21. The van der Waals surface area contributed by atoms with Gasteiger partial charge in [-0.3, -0.25) is 4.79 Å². The van der Waals surface area contributed by atoms with Gasteiger partial charge in [0.1, 0.15) is 0 Å². The maximum absolute atomic E-state index is 12.3. The van der Waals surface area contributed by atoms with E-state index < -0.39 is 5.91 Å². The molecule has 0 bridgehead atoms. The molecule has 0 radical (unpaired) electrons. The van der Waals surface area contributed by atoms with Gasteiger partial charge in [-0.05, 0) is 29.4 Å². The molecule has 0 saturated heterocycles. The van der Waals surface area contributed by atoms with Gasteiger partial charge in [-0.2, -0.15) is 9.78 Å². The molecular formula is C14H12N8O4. The van der Waals surface area contributed by atoms with E-state index in [0.29, 0.717) is 22.8 Å². The quantitative estimate of drug-likeness (QED) is 0.486. The molecule has 0 atom stereocenters. The number of hydrogen-bond donors (Lipinski definition) is 2. The minimum absolute atomic E-state index is 0.0307. The number of para-hydroxylation sites is 1. The van der Waals surface area contributed by atoms with E-state index in [1.54, 1.807) is 25.1 Å². The van der Waals surface area contributed by atoms with Crippen LogP contribution in [-0.4, -0.2) is 44.2 Å². The van der Waals surface area contributed by atoms with Gasteiger partial charge in [0.25, 0.3) is 5.91 Å². The summed E-state index contributed by atoms with van der Waals surface area (Å²) < 4.78 is 16.4. The number of rotatable bonds is 4. The zero-order valence-corrected chi connectivity index (χ0v) is 13.4. The van der Waals surface area contributed by atoms with Gasteiger partial charge in [-0.15, -0.1) is 5.10 Å². The number of nitrogens with one attached hydrogen (secondary N) is 1. The summed E-state index contributed by atoms with van der Waals surface area (Å²) in [4.78, 5) is 12.3. The van der Waals surface area contributed by atoms with E-state index in [0.717, 1.165) is 0 Å². The first-order chi connectivity index (χ1) is 12.6. The molecule has 132 valence electrons. The molecule has 1 amide bonds. The number of fused-ring (bicyclic) bond motifs is 1. The highest BCUT2D eigenvalue weighted by atomic mass is 16.7. The van der Waals surface area contributed by atoms with Gasteiger partial charge in [0, 0.05) is 5.56 Å². The van der Waals surface area contributed by atoms with Gasteiger partial charge < -0.3 is 15.2 Å². The first-order valence-electron chi connectivity index (χ1n) is 7.38. The second kappa shape index (κ2) is 6.16. The summed E-state index contributed by atoms with van der Waals surface area (Å²) in [7, 11) is 0. The maximum atomic E-state index is 12.3. The Bertz CT molecular complexity index is 1010. The van der Waals surface area contributed by atoms with Crippen molar-refractivity contribution in [1.29, 1.82) is 0 Å². The van der Waals surface area contributed by atoms with Gasteiger partial charge in [-0.25, -0.2) is 10.1 Å². The number of carbonyl (C=O) groups excluding carboxylic acids is 1. The molecule has 26 heavy (non-hydrogen) atoms. The Balaban J connectivity index is 1.50. The number of nitrogen functional groups attached to an aromatic ring is 1. The van der Waals surface area contributed by atoms with Crippen molar-refractivity contribution < 1.29 is 18.9 Å². The van der Waals surface area contributed by atoms with Crippen LogP contribution in [-0.2, 0) is 0 Å².